The van der Waals surface area contributed by atoms with Gasteiger partial charge in [-0.3, -0.25) is 0 Å². The number of aromatic carboxylic acids is 1. The Bertz CT molecular complexity index is 517. The molecule has 1 aromatic heterocycles. The van der Waals surface area contributed by atoms with Gasteiger partial charge in [-0.1, -0.05) is 18.2 Å². The van der Waals surface area contributed by atoms with Crippen molar-refractivity contribution in [3.63, 3.8) is 0 Å². The molecule has 86 valence electrons. The third-order valence-electron chi connectivity index (χ3n) is 2.39. The van der Waals surface area contributed by atoms with E-state index in [1.165, 1.54) is 6.07 Å². The summed E-state index contributed by atoms with van der Waals surface area (Å²) >= 11 is 0. The Balaban J connectivity index is 2.13. The highest BCUT2D eigenvalue weighted by atomic mass is 16.4. The number of hydrogen-bond donors (Lipinski definition) is 2. The van der Waals surface area contributed by atoms with E-state index in [1.54, 1.807) is 24.4 Å². The van der Waals surface area contributed by atoms with Gasteiger partial charge in [-0.25, -0.2) is 9.78 Å². The highest BCUT2D eigenvalue weighted by Gasteiger charge is 2.03. The fourth-order valence-electron chi connectivity index (χ4n) is 1.51. The van der Waals surface area contributed by atoms with Crippen molar-refractivity contribution in [3.8, 4) is 5.75 Å². The zero-order valence-electron chi connectivity index (χ0n) is 9.00. The summed E-state index contributed by atoms with van der Waals surface area (Å²) in [5.41, 5.74) is 2.01. The second-order valence-electron chi connectivity index (χ2n) is 3.70. The second kappa shape index (κ2) is 4.65. The number of carbonyl (C=O) groups is 1. The molecular formula is C13H11NO3. The smallest absolute Gasteiger partial charge is 0.354 e. The zero-order chi connectivity index (χ0) is 12.3. The molecule has 0 atom stereocenters. The van der Waals surface area contributed by atoms with E-state index in [1.807, 2.05) is 12.1 Å². The van der Waals surface area contributed by atoms with Gasteiger partial charge in [0.1, 0.15) is 11.4 Å². The molecule has 17 heavy (non-hydrogen) atoms. The van der Waals surface area contributed by atoms with Crippen LogP contribution >= 0.6 is 0 Å². The van der Waals surface area contributed by atoms with Crippen molar-refractivity contribution in [2.75, 3.05) is 0 Å². The summed E-state index contributed by atoms with van der Waals surface area (Å²) < 4.78 is 0. The Labute approximate surface area is 98.2 Å². The molecule has 0 saturated carbocycles. The second-order valence-corrected chi connectivity index (χ2v) is 3.70. The monoisotopic (exact) mass is 229 g/mol. The number of nitrogens with zero attached hydrogens (tertiary/aromatic N) is 1. The van der Waals surface area contributed by atoms with Gasteiger partial charge in [-0.2, -0.15) is 0 Å². The lowest BCUT2D eigenvalue weighted by Crippen LogP contribution is -2.00. The zero-order valence-corrected chi connectivity index (χ0v) is 9.00. The first-order valence-corrected chi connectivity index (χ1v) is 5.11. The molecule has 2 aromatic rings. The van der Waals surface area contributed by atoms with Gasteiger partial charge in [0.05, 0.1) is 0 Å². The molecule has 0 aliphatic rings. The van der Waals surface area contributed by atoms with Crippen molar-refractivity contribution in [3.05, 3.63) is 59.4 Å². The fraction of sp³-hybridized carbons (Fsp3) is 0.0769. The molecule has 0 aliphatic carbocycles. The number of aromatic hydroxyl groups is 1. The number of aromatic nitrogens is 1. The van der Waals surface area contributed by atoms with Gasteiger partial charge in [0, 0.05) is 6.20 Å². The summed E-state index contributed by atoms with van der Waals surface area (Å²) in [7, 11) is 0. The molecule has 2 rings (SSSR count). The first kappa shape index (κ1) is 11.1. The number of rotatable bonds is 3. The lowest BCUT2D eigenvalue weighted by atomic mass is 10.1. The summed E-state index contributed by atoms with van der Waals surface area (Å²) in [5, 5.41) is 17.8. The van der Waals surface area contributed by atoms with Crippen LogP contribution in [0, 0.1) is 0 Å². The number of phenolic OH excluding ortho intramolecular Hbond substituents is 1. The van der Waals surface area contributed by atoms with Gasteiger partial charge in [0.25, 0.3) is 0 Å². The van der Waals surface area contributed by atoms with Crippen LogP contribution in [0.2, 0.25) is 0 Å². The molecular weight excluding hydrogens is 218 g/mol. The van der Waals surface area contributed by atoms with Crippen LogP contribution in [0.25, 0.3) is 0 Å². The molecule has 0 amide bonds. The maximum Gasteiger partial charge on any atom is 0.354 e. The number of pyridine rings is 1. The number of hydrogen-bond acceptors (Lipinski definition) is 3. The molecule has 0 unspecified atom stereocenters. The van der Waals surface area contributed by atoms with Crippen LogP contribution < -0.4 is 0 Å². The maximum absolute atomic E-state index is 10.6. The lowest BCUT2D eigenvalue weighted by molar-refractivity contribution is 0.0690. The topological polar surface area (TPSA) is 70.4 Å². The van der Waals surface area contributed by atoms with Gasteiger partial charge in [0.2, 0.25) is 0 Å². The Morgan fingerprint density at radius 2 is 1.71 bits per heavy atom. The molecule has 4 nitrogen and oxygen atoms in total. The maximum atomic E-state index is 10.6. The molecule has 0 radical (unpaired) electrons. The van der Waals surface area contributed by atoms with Crippen LogP contribution in [0.1, 0.15) is 21.6 Å². The average molecular weight is 229 g/mol. The van der Waals surface area contributed by atoms with Crippen molar-refractivity contribution >= 4 is 5.97 Å². The van der Waals surface area contributed by atoms with E-state index in [-0.39, 0.29) is 11.4 Å². The molecule has 0 spiro atoms. The van der Waals surface area contributed by atoms with E-state index in [9.17, 15) is 4.79 Å². The van der Waals surface area contributed by atoms with Crippen LogP contribution in [0.3, 0.4) is 0 Å². The van der Waals surface area contributed by atoms with Crippen molar-refractivity contribution in [1.82, 2.24) is 4.98 Å². The van der Waals surface area contributed by atoms with Crippen molar-refractivity contribution in [1.29, 1.82) is 0 Å². The van der Waals surface area contributed by atoms with Crippen LogP contribution in [-0.2, 0) is 6.42 Å². The van der Waals surface area contributed by atoms with E-state index in [4.69, 9.17) is 10.2 Å². The minimum atomic E-state index is -1.03. The Morgan fingerprint density at radius 3 is 2.24 bits per heavy atom. The molecule has 4 heteroatoms. The summed E-state index contributed by atoms with van der Waals surface area (Å²) in [4.78, 5) is 14.5. The molecule has 0 aliphatic heterocycles. The number of phenols is 1. The fourth-order valence-corrected chi connectivity index (χ4v) is 1.51. The van der Waals surface area contributed by atoms with Gasteiger partial charge < -0.3 is 10.2 Å². The van der Waals surface area contributed by atoms with Crippen molar-refractivity contribution in [2.24, 2.45) is 0 Å². The molecule has 0 fully saturated rings. The Kier molecular flexibility index (Phi) is 3.05. The van der Waals surface area contributed by atoms with Gasteiger partial charge in [-0.15, -0.1) is 0 Å². The largest absolute Gasteiger partial charge is 0.508 e. The van der Waals surface area contributed by atoms with Crippen LogP contribution in [0.15, 0.2) is 42.6 Å². The molecule has 0 bridgehead atoms. The van der Waals surface area contributed by atoms with Crippen LogP contribution in [-0.4, -0.2) is 21.2 Å². The highest BCUT2D eigenvalue weighted by molar-refractivity contribution is 5.85. The van der Waals surface area contributed by atoms with Gasteiger partial charge >= 0.3 is 5.97 Å². The average Bonchev–Trinajstić information content (AvgIpc) is 2.33. The summed E-state index contributed by atoms with van der Waals surface area (Å²) in [6.07, 6.45) is 2.21. The standard InChI is InChI=1S/C13H11NO3/c15-11-4-1-9(2-5-11)7-10-3-6-12(13(16)17)14-8-10/h1-6,8,15H,7H2,(H,16,17). The normalized spacial score (nSPS) is 10.1. The predicted molar refractivity (Wildman–Crippen MR) is 62.1 cm³/mol. The van der Waals surface area contributed by atoms with Crippen molar-refractivity contribution < 1.29 is 15.0 Å². The van der Waals surface area contributed by atoms with Crippen LogP contribution in [0.5, 0.6) is 5.75 Å². The number of carboxylic acids is 1. The molecule has 0 saturated heterocycles. The van der Waals surface area contributed by atoms with E-state index in [0.717, 1.165) is 11.1 Å². The van der Waals surface area contributed by atoms with Gasteiger partial charge in [-0.05, 0) is 35.7 Å². The minimum absolute atomic E-state index is 0.0412. The highest BCUT2D eigenvalue weighted by Crippen LogP contribution is 2.13. The summed E-state index contributed by atoms with van der Waals surface area (Å²) in [6, 6.07) is 10.1. The SMILES string of the molecule is O=C(O)c1ccc(Cc2ccc(O)cc2)cn1. The van der Waals surface area contributed by atoms with Crippen molar-refractivity contribution in [2.45, 2.75) is 6.42 Å². The van der Waals surface area contributed by atoms with E-state index >= 15 is 0 Å². The lowest BCUT2D eigenvalue weighted by Gasteiger charge is -2.02. The number of carboxylic acid groups (broad SMARTS) is 1. The first-order valence-electron chi connectivity index (χ1n) is 5.11. The Hall–Kier alpha value is -2.36. The van der Waals surface area contributed by atoms with E-state index in [2.05, 4.69) is 4.98 Å². The minimum Gasteiger partial charge on any atom is -0.508 e. The number of benzene rings is 1. The quantitative estimate of drug-likeness (QED) is 0.845. The molecule has 1 heterocycles. The van der Waals surface area contributed by atoms with E-state index in [0.29, 0.717) is 6.42 Å². The van der Waals surface area contributed by atoms with E-state index < -0.39 is 5.97 Å². The Morgan fingerprint density at radius 1 is 1.06 bits per heavy atom. The third kappa shape index (κ3) is 2.81. The summed E-state index contributed by atoms with van der Waals surface area (Å²) in [6.45, 7) is 0. The van der Waals surface area contributed by atoms with Gasteiger partial charge in [0.15, 0.2) is 0 Å². The predicted octanol–water partition coefficient (Wildman–Crippen LogP) is 2.08. The molecule has 1 aromatic carbocycles. The molecule has 2 N–H and O–H groups in total. The van der Waals surface area contributed by atoms with Crippen LogP contribution in [0.4, 0.5) is 0 Å². The summed E-state index contributed by atoms with van der Waals surface area (Å²) in [5.74, 6) is -0.797. The third-order valence-corrected chi connectivity index (χ3v) is 2.39. The first-order chi connectivity index (χ1) is 8.15.